The fourth-order valence-corrected chi connectivity index (χ4v) is 3.68. The normalized spacial score (nSPS) is 10.8. The van der Waals surface area contributed by atoms with Crippen LogP contribution >= 0.6 is 0 Å². The standard InChI is InChI=1S/C26H24FN3O2/c27-22-12-6-4-11-21(22)18-30-23-13-7-5-10-20(23)17-24(30)26(32)29-15-14-28-25(31)16-19-8-2-1-3-9-19/h1-13,17H,14-16,18H2,(H,28,31)(H,29,32). The highest BCUT2D eigenvalue weighted by Gasteiger charge is 2.16. The van der Waals surface area contributed by atoms with Gasteiger partial charge in [-0.1, -0.05) is 66.7 Å². The van der Waals surface area contributed by atoms with E-state index in [-0.39, 0.29) is 24.2 Å². The SMILES string of the molecule is O=C(Cc1ccccc1)NCCNC(=O)c1cc2ccccc2n1Cc1ccccc1F. The van der Waals surface area contributed by atoms with Crippen LogP contribution in [0.25, 0.3) is 10.9 Å². The molecule has 162 valence electrons. The van der Waals surface area contributed by atoms with Gasteiger partial charge in [0.25, 0.3) is 5.91 Å². The fourth-order valence-electron chi connectivity index (χ4n) is 3.68. The molecule has 0 fully saturated rings. The van der Waals surface area contributed by atoms with Crippen molar-refractivity contribution in [2.24, 2.45) is 0 Å². The predicted molar refractivity (Wildman–Crippen MR) is 123 cm³/mol. The van der Waals surface area contributed by atoms with Gasteiger partial charge in [0, 0.05) is 29.6 Å². The van der Waals surface area contributed by atoms with Crippen LogP contribution in [0, 0.1) is 5.82 Å². The lowest BCUT2D eigenvalue weighted by Crippen LogP contribution is -2.36. The summed E-state index contributed by atoms with van der Waals surface area (Å²) in [4.78, 5) is 25.0. The third kappa shape index (κ3) is 5.03. The zero-order valence-corrected chi connectivity index (χ0v) is 17.6. The van der Waals surface area contributed by atoms with Gasteiger partial charge in [0.1, 0.15) is 11.5 Å². The van der Waals surface area contributed by atoms with Crippen molar-refractivity contribution in [2.75, 3.05) is 13.1 Å². The molecule has 2 N–H and O–H groups in total. The Kier molecular flexibility index (Phi) is 6.60. The summed E-state index contributed by atoms with van der Waals surface area (Å²) in [7, 11) is 0. The first kappa shape index (κ1) is 21.3. The second-order valence-electron chi connectivity index (χ2n) is 7.53. The molecule has 5 nitrogen and oxygen atoms in total. The van der Waals surface area contributed by atoms with E-state index in [1.54, 1.807) is 24.3 Å². The molecule has 0 aliphatic carbocycles. The summed E-state index contributed by atoms with van der Waals surface area (Å²) in [5.41, 5.74) is 2.75. The van der Waals surface area contributed by atoms with Gasteiger partial charge in [-0.2, -0.15) is 0 Å². The molecule has 0 unspecified atom stereocenters. The van der Waals surface area contributed by atoms with E-state index in [4.69, 9.17) is 0 Å². The molecular weight excluding hydrogens is 405 g/mol. The maximum absolute atomic E-state index is 14.2. The number of amides is 2. The first-order valence-electron chi connectivity index (χ1n) is 10.5. The number of benzene rings is 3. The highest BCUT2D eigenvalue weighted by Crippen LogP contribution is 2.22. The third-order valence-electron chi connectivity index (χ3n) is 5.27. The fraction of sp³-hybridized carbons (Fsp3) is 0.154. The molecule has 1 aromatic heterocycles. The number of nitrogens with one attached hydrogen (secondary N) is 2. The van der Waals surface area contributed by atoms with E-state index in [0.717, 1.165) is 16.5 Å². The van der Waals surface area contributed by atoms with E-state index < -0.39 is 0 Å². The summed E-state index contributed by atoms with van der Waals surface area (Å²) in [6.07, 6.45) is 0.297. The number of fused-ring (bicyclic) bond motifs is 1. The molecule has 0 radical (unpaired) electrons. The van der Waals surface area contributed by atoms with Gasteiger partial charge in [-0.25, -0.2) is 4.39 Å². The van der Waals surface area contributed by atoms with Crippen molar-refractivity contribution in [3.05, 3.63) is 108 Å². The van der Waals surface area contributed by atoms with Crippen LogP contribution in [0.15, 0.2) is 84.9 Å². The van der Waals surface area contributed by atoms with Gasteiger partial charge in [0.2, 0.25) is 5.91 Å². The highest BCUT2D eigenvalue weighted by atomic mass is 19.1. The molecular formula is C26H24FN3O2. The molecule has 2 amide bonds. The predicted octanol–water partition coefficient (Wildman–Crippen LogP) is 3.92. The number of rotatable bonds is 8. The number of carbonyl (C=O) groups is 2. The average Bonchev–Trinajstić information content (AvgIpc) is 3.17. The second-order valence-corrected chi connectivity index (χ2v) is 7.53. The lowest BCUT2D eigenvalue weighted by Gasteiger charge is -2.12. The molecule has 0 atom stereocenters. The zero-order valence-electron chi connectivity index (χ0n) is 17.6. The van der Waals surface area contributed by atoms with E-state index in [1.807, 2.05) is 59.2 Å². The average molecular weight is 429 g/mol. The molecule has 4 aromatic rings. The summed E-state index contributed by atoms with van der Waals surface area (Å²) in [5.74, 6) is -0.674. The molecule has 0 bridgehead atoms. The van der Waals surface area contributed by atoms with Crippen molar-refractivity contribution in [3.63, 3.8) is 0 Å². The molecule has 32 heavy (non-hydrogen) atoms. The van der Waals surface area contributed by atoms with Gasteiger partial charge in [0.05, 0.1) is 13.0 Å². The van der Waals surface area contributed by atoms with Crippen molar-refractivity contribution in [3.8, 4) is 0 Å². The van der Waals surface area contributed by atoms with Crippen LogP contribution in [0.1, 0.15) is 21.6 Å². The van der Waals surface area contributed by atoms with Gasteiger partial charge < -0.3 is 15.2 Å². The van der Waals surface area contributed by atoms with E-state index in [2.05, 4.69) is 10.6 Å². The molecule has 0 saturated heterocycles. The van der Waals surface area contributed by atoms with Crippen LogP contribution in [-0.4, -0.2) is 29.5 Å². The maximum atomic E-state index is 14.2. The number of hydrogen-bond donors (Lipinski definition) is 2. The van der Waals surface area contributed by atoms with E-state index in [9.17, 15) is 14.0 Å². The van der Waals surface area contributed by atoms with Gasteiger partial charge in [0.15, 0.2) is 0 Å². The smallest absolute Gasteiger partial charge is 0.268 e. The molecule has 0 spiro atoms. The Morgan fingerprint density at radius 3 is 2.31 bits per heavy atom. The van der Waals surface area contributed by atoms with Crippen molar-refractivity contribution in [1.29, 1.82) is 0 Å². The van der Waals surface area contributed by atoms with E-state index >= 15 is 0 Å². The van der Waals surface area contributed by atoms with Gasteiger partial charge >= 0.3 is 0 Å². The summed E-state index contributed by atoms with van der Waals surface area (Å²) in [6, 6.07) is 25.5. The maximum Gasteiger partial charge on any atom is 0.268 e. The lowest BCUT2D eigenvalue weighted by atomic mass is 10.1. The lowest BCUT2D eigenvalue weighted by molar-refractivity contribution is -0.120. The Labute approximate surface area is 185 Å². The Hall–Kier alpha value is -3.93. The Bertz CT molecular complexity index is 1230. The number of halogens is 1. The summed E-state index contributed by atoms with van der Waals surface area (Å²) >= 11 is 0. The van der Waals surface area contributed by atoms with Crippen molar-refractivity contribution in [2.45, 2.75) is 13.0 Å². The van der Waals surface area contributed by atoms with Crippen LogP contribution in [-0.2, 0) is 17.8 Å². The summed E-state index contributed by atoms with van der Waals surface area (Å²) < 4.78 is 16.1. The zero-order chi connectivity index (χ0) is 22.3. The molecule has 1 heterocycles. The highest BCUT2D eigenvalue weighted by molar-refractivity contribution is 5.98. The topological polar surface area (TPSA) is 63.1 Å². The number of aromatic nitrogens is 1. The largest absolute Gasteiger partial charge is 0.354 e. The minimum atomic E-state index is -0.308. The molecule has 3 aromatic carbocycles. The minimum Gasteiger partial charge on any atom is -0.354 e. The van der Waals surface area contributed by atoms with Gasteiger partial charge in [-0.3, -0.25) is 9.59 Å². The molecule has 0 aliphatic heterocycles. The molecule has 0 saturated carbocycles. The Morgan fingerprint density at radius 2 is 1.50 bits per heavy atom. The van der Waals surface area contributed by atoms with Crippen LogP contribution in [0.2, 0.25) is 0 Å². The first-order chi connectivity index (χ1) is 15.6. The molecule has 4 rings (SSSR count). The minimum absolute atomic E-state index is 0.0980. The van der Waals surface area contributed by atoms with Crippen LogP contribution in [0.5, 0.6) is 0 Å². The Balaban J connectivity index is 1.41. The van der Waals surface area contributed by atoms with E-state index in [1.165, 1.54) is 6.07 Å². The van der Waals surface area contributed by atoms with Crippen molar-refractivity contribution in [1.82, 2.24) is 15.2 Å². The molecule has 6 heteroatoms. The van der Waals surface area contributed by atoms with Gasteiger partial charge in [-0.05, 0) is 23.8 Å². The van der Waals surface area contributed by atoms with Gasteiger partial charge in [-0.15, -0.1) is 0 Å². The van der Waals surface area contributed by atoms with Crippen molar-refractivity contribution >= 4 is 22.7 Å². The number of nitrogens with zero attached hydrogens (tertiary/aromatic N) is 1. The number of hydrogen-bond acceptors (Lipinski definition) is 2. The quantitative estimate of drug-likeness (QED) is 0.417. The summed E-state index contributed by atoms with van der Waals surface area (Å²) in [5, 5.41) is 6.58. The second kappa shape index (κ2) is 9.92. The molecule has 0 aliphatic rings. The number of para-hydroxylation sites is 1. The Morgan fingerprint density at radius 1 is 0.812 bits per heavy atom. The van der Waals surface area contributed by atoms with Crippen LogP contribution < -0.4 is 10.6 Å². The first-order valence-corrected chi connectivity index (χ1v) is 10.5. The third-order valence-corrected chi connectivity index (χ3v) is 5.27. The van der Waals surface area contributed by atoms with E-state index in [0.29, 0.717) is 30.8 Å². The monoisotopic (exact) mass is 429 g/mol. The number of carbonyl (C=O) groups excluding carboxylic acids is 2. The van der Waals surface area contributed by atoms with Crippen LogP contribution in [0.3, 0.4) is 0 Å². The van der Waals surface area contributed by atoms with Crippen LogP contribution in [0.4, 0.5) is 4.39 Å². The summed E-state index contributed by atoms with van der Waals surface area (Å²) in [6.45, 7) is 0.863. The van der Waals surface area contributed by atoms with Crippen molar-refractivity contribution < 1.29 is 14.0 Å².